The highest BCUT2D eigenvalue weighted by Gasteiger charge is 2.23. The maximum absolute atomic E-state index is 12.1. The lowest BCUT2D eigenvalue weighted by Crippen LogP contribution is -2.35. The molecule has 0 aliphatic heterocycles. The molecular formula is C15H21NO4. The molecule has 0 fully saturated rings. The smallest absolute Gasteiger partial charge is 0.308 e. The molecule has 1 aromatic carbocycles. The summed E-state index contributed by atoms with van der Waals surface area (Å²) < 4.78 is 5.15. The summed E-state index contributed by atoms with van der Waals surface area (Å²) in [6.07, 6.45) is 0. The zero-order valence-electron chi connectivity index (χ0n) is 12.3. The highest BCUT2D eigenvalue weighted by atomic mass is 16.5. The van der Waals surface area contributed by atoms with E-state index < -0.39 is 11.9 Å². The summed E-state index contributed by atoms with van der Waals surface area (Å²) in [5, 5.41) is 11.8. The van der Waals surface area contributed by atoms with Crippen LogP contribution in [0.4, 0.5) is 0 Å². The molecule has 0 bridgehead atoms. The lowest BCUT2D eigenvalue weighted by molar-refractivity contribution is -0.142. The topological polar surface area (TPSA) is 75.6 Å². The Labute approximate surface area is 118 Å². The van der Waals surface area contributed by atoms with Gasteiger partial charge in [0.1, 0.15) is 5.75 Å². The Kier molecular flexibility index (Phi) is 5.55. The van der Waals surface area contributed by atoms with Crippen LogP contribution in [0.3, 0.4) is 0 Å². The van der Waals surface area contributed by atoms with Crippen molar-refractivity contribution in [2.45, 2.75) is 20.8 Å². The van der Waals surface area contributed by atoms with Gasteiger partial charge in [-0.2, -0.15) is 0 Å². The molecule has 0 aliphatic rings. The van der Waals surface area contributed by atoms with E-state index in [-0.39, 0.29) is 18.4 Å². The van der Waals surface area contributed by atoms with Gasteiger partial charge in [0.05, 0.1) is 18.6 Å². The van der Waals surface area contributed by atoms with Crippen LogP contribution in [0.5, 0.6) is 5.75 Å². The van der Waals surface area contributed by atoms with Crippen LogP contribution in [0.1, 0.15) is 29.8 Å². The summed E-state index contributed by atoms with van der Waals surface area (Å²) in [7, 11) is 1.50. The minimum Gasteiger partial charge on any atom is -0.496 e. The number of carbonyl (C=O) groups excluding carboxylic acids is 1. The fourth-order valence-corrected chi connectivity index (χ4v) is 1.91. The minimum atomic E-state index is -0.906. The minimum absolute atomic E-state index is 0.0489. The first-order chi connectivity index (χ1) is 9.36. The largest absolute Gasteiger partial charge is 0.496 e. The molecule has 0 radical (unpaired) electrons. The van der Waals surface area contributed by atoms with E-state index in [0.29, 0.717) is 11.3 Å². The average Bonchev–Trinajstić information content (AvgIpc) is 2.37. The Morgan fingerprint density at radius 2 is 2.00 bits per heavy atom. The van der Waals surface area contributed by atoms with E-state index in [0.717, 1.165) is 5.56 Å². The zero-order chi connectivity index (χ0) is 15.3. The van der Waals surface area contributed by atoms with Crippen molar-refractivity contribution < 1.29 is 19.4 Å². The molecule has 1 amide bonds. The van der Waals surface area contributed by atoms with Gasteiger partial charge in [0.2, 0.25) is 0 Å². The van der Waals surface area contributed by atoms with Gasteiger partial charge in [-0.05, 0) is 25.0 Å². The van der Waals surface area contributed by atoms with Gasteiger partial charge in [-0.1, -0.05) is 25.5 Å². The van der Waals surface area contributed by atoms with E-state index in [9.17, 15) is 9.59 Å². The highest BCUT2D eigenvalue weighted by molar-refractivity contribution is 5.97. The van der Waals surface area contributed by atoms with Crippen LogP contribution >= 0.6 is 0 Å². The fourth-order valence-electron chi connectivity index (χ4n) is 1.91. The van der Waals surface area contributed by atoms with E-state index in [1.807, 2.05) is 26.8 Å². The Bertz CT molecular complexity index is 497. The number of benzene rings is 1. The number of rotatable bonds is 6. The lowest BCUT2D eigenvalue weighted by atomic mass is 9.96. The number of hydrogen-bond donors (Lipinski definition) is 2. The first-order valence-electron chi connectivity index (χ1n) is 6.52. The number of ether oxygens (including phenoxy) is 1. The monoisotopic (exact) mass is 279 g/mol. The number of aliphatic carboxylic acids is 1. The summed E-state index contributed by atoms with van der Waals surface area (Å²) in [6, 6.07) is 5.30. The second kappa shape index (κ2) is 6.93. The normalized spacial score (nSPS) is 12.1. The molecular weight excluding hydrogens is 258 g/mol. The third kappa shape index (κ3) is 3.98. The molecule has 1 unspecified atom stereocenters. The molecule has 2 N–H and O–H groups in total. The average molecular weight is 279 g/mol. The molecule has 0 saturated heterocycles. The van der Waals surface area contributed by atoms with E-state index in [1.165, 1.54) is 7.11 Å². The number of methoxy groups -OCH3 is 1. The molecule has 0 aromatic heterocycles. The van der Waals surface area contributed by atoms with Crippen LogP contribution in [-0.4, -0.2) is 30.6 Å². The first-order valence-corrected chi connectivity index (χ1v) is 6.52. The number of hydrogen-bond acceptors (Lipinski definition) is 3. The Morgan fingerprint density at radius 1 is 1.35 bits per heavy atom. The Hall–Kier alpha value is -2.04. The van der Waals surface area contributed by atoms with Crippen LogP contribution in [0.15, 0.2) is 18.2 Å². The fraction of sp³-hybridized carbons (Fsp3) is 0.467. The van der Waals surface area contributed by atoms with Crippen molar-refractivity contribution in [2.24, 2.45) is 11.8 Å². The first kappa shape index (κ1) is 16.0. The molecule has 0 spiro atoms. The SMILES string of the molecule is COc1ccc(C)cc1C(=O)NCC(C(=O)O)C(C)C. The second-order valence-corrected chi connectivity index (χ2v) is 5.10. The van der Waals surface area contributed by atoms with Gasteiger partial charge >= 0.3 is 5.97 Å². The Morgan fingerprint density at radius 3 is 2.50 bits per heavy atom. The molecule has 0 heterocycles. The molecule has 0 aliphatic carbocycles. The molecule has 0 saturated carbocycles. The summed E-state index contributed by atoms with van der Waals surface area (Å²) >= 11 is 0. The molecule has 1 aromatic rings. The number of carboxylic acids is 1. The maximum atomic E-state index is 12.1. The van der Waals surface area contributed by atoms with E-state index >= 15 is 0 Å². The van der Waals surface area contributed by atoms with Crippen LogP contribution in [0.25, 0.3) is 0 Å². The van der Waals surface area contributed by atoms with E-state index in [2.05, 4.69) is 5.32 Å². The number of aryl methyl sites for hydroxylation is 1. The van der Waals surface area contributed by atoms with Gasteiger partial charge in [0.25, 0.3) is 5.91 Å². The number of nitrogens with one attached hydrogen (secondary N) is 1. The third-order valence-electron chi connectivity index (χ3n) is 3.20. The van der Waals surface area contributed by atoms with Crippen molar-refractivity contribution in [3.05, 3.63) is 29.3 Å². The summed E-state index contributed by atoms with van der Waals surface area (Å²) in [4.78, 5) is 23.2. The predicted molar refractivity (Wildman–Crippen MR) is 76.0 cm³/mol. The molecule has 1 atom stereocenters. The summed E-state index contributed by atoms with van der Waals surface area (Å²) in [6.45, 7) is 5.61. The van der Waals surface area contributed by atoms with Gasteiger partial charge in [-0.25, -0.2) is 0 Å². The standard InChI is InChI=1S/C15H21NO4/c1-9(2)12(15(18)19)8-16-14(17)11-7-10(3)5-6-13(11)20-4/h5-7,9,12H,8H2,1-4H3,(H,16,17)(H,18,19). The summed E-state index contributed by atoms with van der Waals surface area (Å²) in [5.41, 5.74) is 1.36. The van der Waals surface area contributed by atoms with Gasteiger partial charge in [-0.15, -0.1) is 0 Å². The van der Waals surface area contributed by atoms with Crippen molar-refractivity contribution in [2.75, 3.05) is 13.7 Å². The van der Waals surface area contributed by atoms with Gasteiger partial charge in [0, 0.05) is 6.54 Å². The van der Waals surface area contributed by atoms with Gasteiger partial charge in [0.15, 0.2) is 0 Å². The lowest BCUT2D eigenvalue weighted by Gasteiger charge is -2.17. The second-order valence-electron chi connectivity index (χ2n) is 5.10. The van der Waals surface area contributed by atoms with Crippen molar-refractivity contribution in [1.82, 2.24) is 5.32 Å². The zero-order valence-corrected chi connectivity index (χ0v) is 12.3. The molecule has 20 heavy (non-hydrogen) atoms. The molecule has 110 valence electrons. The van der Waals surface area contributed by atoms with Crippen LogP contribution < -0.4 is 10.1 Å². The quantitative estimate of drug-likeness (QED) is 0.836. The van der Waals surface area contributed by atoms with Gasteiger partial charge in [-0.3, -0.25) is 9.59 Å². The number of carboxylic acid groups (broad SMARTS) is 1. The Balaban J connectivity index is 2.81. The number of amides is 1. The maximum Gasteiger partial charge on any atom is 0.308 e. The van der Waals surface area contributed by atoms with Crippen molar-refractivity contribution in [3.63, 3.8) is 0 Å². The molecule has 5 heteroatoms. The van der Waals surface area contributed by atoms with Crippen LogP contribution in [-0.2, 0) is 4.79 Å². The van der Waals surface area contributed by atoms with Crippen molar-refractivity contribution >= 4 is 11.9 Å². The van der Waals surface area contributed by atoms with Gasteiger partial charge < -0.3 is 15.2 Å². The third-order valence-corrected chi connectivity index (χ3v) is 3.20. The van der Waals surface area contributed by atoms with Crippen molar-refractivity contribution in [3.8, 4) is 5.75 Å². The number of carbonyl (C=O) groups is 2. The van der Waals surface area contributed by atoms with Crippen LogP contribution in [0, 0.1) is 18.8 Å². The summed E-state index contributed by atoms with van der Waals surface area (Å²) in [5.74, 6) is -1.40. The predicted octanol–water partition coefficient (Wildman–Crippen LogP) is 2.09. The molecule has 1 rings (SSSR count). The molecule has 5 nitrogen and oxygen atoms in total. The highest BCUT2D eigenvalue weighted by Crippen LogP contribution is 2.19. The van der Waals surface area contributed by atoms with Crippen molar-refractivity contribution in [1.29, 1.82) is 0 Å². The van der Waals surface area contributed by atoms with E-state index in [4.69, 9.17) is 9.84 Å². The van der Waals surface area contributed by atoms with E-state index in [1.54, 1.807) is 12.1 Å². The van der Waals surface area contributed by atoms with Crippen LogP contribution in [0.2, 0.25) is 0 Å².